The predicted molar refractivity (Wildman–Crippen MR) is 92.2 cm³/mol. The van der Waals surface area contributed by atoms with Gasteiger partial charge in [0, 0.05) is 38.8 Å². The molecule has 2 aromatic rings. The molecule has 24 heavy (non-hydrogen) atoms. The molecule has 1 amide bonds. The third-order valence-corrected chi connectivity index (χ3v) is 4.15. The van der Waals surface area contributed by atoms with Gasteiger partial charge in [0.15, 0.2) is 0 Å². The molecule has 0 spiro atoms. The van der Waals surface area contributed by atoms with E-state index < -0.39 is 0 Å². The van der Waals surface area contributed by atoms with Crippen molar-refractivity contribution in [2.75, 3.05) is 39.4 Å². The number of nitrogens with one attached hydrogen (secondary N) is 1. The molecule has 0 radical (unpaired) electrons. The third kappa shape index (κ3) is 4.91. The number of ether oxygens (including phenoxy) is 1. The summed E-state index contributed by atoms with van der Waals surface area (Å²) in [4.78, 5) is 14.3. The van der Waals surface area contributed by atoms with Crippen LogP contribution in [-0.4, -0.2) is 60.0 Å². The number of aryl methyl sites for hydroxylation is 1. The molecule has 128 valence electrons. The largest absolute Gasteiger partial charge is 0.379 e. The normalized spacial score (nSPS) is 15.3. The van der Waals surface area contributed by atoms with E-state index >= 15 is 0 Å². The van der Waals surface area contributed by atoms with Crippen LogP contribution >= 0.6 is 0 Å². The molecule has 0 unspecified atom stereocenters. The molecule has 0 bridgehead atoms. The quantitative estimate of drug-likeness (QED) is 0.831. The summed E-state index contributed by atoms with van der Waals surface area (Å²) in [6.07, 6.45) is 5.00. The second-order valence-corrected chi connectivity index (χ2v) is 5.93. The van der Waals surface area contributed by atoms with Gasteiger partial charge in [-0.1, -0.05) is 18.2 Å². The molecule has 1 N–H and O–H groups in total. The molecule has 0 atom stereocenters. The molecule has 3 rings (SSSR count). The Hall–Kier alpha value is -2.18. The Balaban J connectivity index is 1.38. The molecule has 6 nitrogen and oxygen atoms in total. The van der Waals surface area contributed by atoms with Crippen molar-refractivity contribution in [3.8, 4) is 5.69 Å². The first-order valence-corrected chi connectivity index (χ1v) is 8.47. The van der Waals surface area contributed by atoms with Gasteiger partial charge in [-0.3, -0.25) is 9.69 Å². The fraction of sp³-hybridized carbons (Fsp3) is 0.444. The van der Waals surface area contributed by atoms with Gasteiger partial charge in [-0.05, 0) is 24.1 Å². The lowest BCUT2D eigenvalue weighted by atomic mass is 10.2. The first kappa shape index (κ1) is 16.7. The number of carbonyl (C=O) groups excluding carboxylic acids is 1. The molecule has 1 aliphatic heterocycles. The van der Waals surface area contributed by atoms with E-state index in [1.54, 1.807) is 0 Å². The van der Waals surface area contributed by atoms with E-state index in [0.717, 1.165) is 44.1 Å². The maximum absolute atomic E-state index is 12.0. The summed E-state index contributed by atoms with van der Waals surface area (Å²) in [5.41, 5.74) is 2.10. The van der Waals surface area contributed by atoms with Gasteiger partial charge in [0.25, 0.3) is 0 Å². The molecule has 2 heterocycles. The van der Waals surface area contributed by atoms with E-state index in [2.05, 4.69) is 15.3 Å². The number of morpholine rings is 1. The number of aromatic nitrogens is 2. The molecular weight excluding hydrogens is 304 g/mol. The Morgan fingerprint density at radius 3 is 2.79 bits per heavy atom. The van der Waals surface area contributed by atoms with Crippen LogP contribution in [-0.2, 0) is 16.0 Å². The van der Waals surface area contributed by atoms with E-state index in [4.69, 9.17) is 4.74 Å². The highest BCUT2D eigenvalue weighted by Crippen LogP contribution is 2.09. The zero-order chi connectivity index (χ0) is 16.6. The molecular formula is C18H24N4O2. The van der Waals surface area contributed by atoms with Gasteiger partial charge in [-0.15, -0.1) is 0 Å². The summed E-state index contributed by atoms with van der Waals surface area (Å²) in [6, 6.07) is 9.97. The number of benzene rings is 1. The van der Waals surface area contributed by atoms with Crippen molar-refractivity contribution in [2.24, 2.45) is 0 Å². The Bertz CT molecular complexity index is 635. The van der Waals surface area contributed by atoms with Crippen LogP contribution in [0, 0.1) is 0 Å². The van der Waals surface area contributed by atoms with Gasteiger partial charge in [0.05, 0.1) is 25.1 Å². The van der Waals surface area contributed by atoms with E-state index in [1.165, 1.54) is 0 Å². The van der Waals surface area contributed by atoms with Gasteiger partial charge < -0.3 is 10.1 Å². The summed E-state index contributed by atoms with van der Waals surface area (Å²) in [5, 5.41) is 7.34. The van der Waals surface area contributed by atoms with Crippen LogP contribution in [0.15, 0.2) is 42.7 Å². The van der Waals surface area contributed by atoms with Crippen molar-refractivity contribution in [2.45, 2.75) is 12.8 Å². The fourth-order valence-electron chi connectivity index (χ4n) is 2.74. The van der Waals surface area contributed by atoms with Crippen LogP contribution < -0.4 is 5.32 Å². The summed E-state index contributed by atoms with van der Waals surface area (Å²) < 4.78 is 7.15. The molecule has 1 aliphatic rings. The first-order chi connectivity index (χ1) is 11.8. The van der Waals surface area contributed by atoms with E-state index in [-0.39, 0.29) is 5.91 Å². The molecule has 1 aromatic heterocycles. The summed E-state index contributed by atoms with van der Waals surface area (Å²) in [6.45, 7) is 5.07. The monoisotopic (exact) mass is 328 g/mol. The van der Waals surface area contributed by atoms with Crippen LogP contribution in [0.25, 0.3) is 5.69 Å². The average Bonchev–Trinajstić information content (AvgIpc) is 3.11. The number of nitrogens with zero attached hydrogens (tertiary/aromatic N) is 3. The lowest BCUT2D eigenvalue weighted by Gasteiger charge is -2.26. The number of rotatable bonds is 7. The smallest absolute Gasteiger partial charge is 0.220 e. The number of hydrogen-bond donors (Lipinski definition) is 1. The number of amides is 1. The van der Waals surface area contributed by atoms with Crippen molar-refractivity contribution < 1.29 is 9.53 Å². The molecule has 1 aromatic carbocycles. The topological polar surface area (TPSA) is 59.4 Å². The van der Waals surface area contributed by atoms with Crippen molar-refractivity contribution in [3.63, 3.8) is 0 Å². The van der Waals surface area contributed by atoms with Crippen LogP contribution in [0.5, 0.6) is 0 Å². The Labute approximate surface area is 142 Å². The minimum Gasteiger partial charge on any atom is -0.379 e. The Morgan fingerprint density at radius 1 is 1.21 bits per heavy atom. The summed E-state index contributed by atoms with van der Waals surface area (Å²) in [7, 11) is 0. The molecule has 0 saturated carbocycles. The summed E-state index contributed by atoms with van der Waals surface area (Å²) in [5.74, 6) is 0.0933. The minimum absolute atomic E-state index is 0.0933. The number of hydrogen-bond acceptors (Lipinski definition) is 4. The summed E-state index contributed by atoms with van der Waals surface area (Å²) >= 11 is 0. The number of para-hydroxylation sites is 1. The van der Waals surface area contributed by atoms with Gasteiger partial charge in [0.1, 0.15) is 0 Å². The third-order valence-electron chi connectivity index (χ3n) is 4.15. The van der Waals surface area contributed by atoms with E-state index in [1.807, 2.05) is 47.4 Å². The van der Waals surface area contributed by atoms with Gasteiger partial charge in [-0.25, -0.2) is 4.68 Å². The SMILES string of the molecule is O=C(CCc1cnn(-c2ccccc2)c1)NCCN1CCOCC1. The lowest BCUT2D eigenvalue weighted by molar-refractivity contribution is -0.121. The lowest BCUT2D eigenvalue weighted by Crippen LogP contribution is -2.41. The van der Waals surface area contributed by atoms with Crippen molar-refractivity contribution in [1.29, 1.82) is 0 Å². The maximum Gasteiger partial charge on any atom is 0.220 e. The van der Waals surface area contributed by atoms with Gasteiger partial charge >= 0.3 is 0 Å². The maximum atomic E-state index is 12.0. The van der Waals surface area contributed by atoms with Crippen molar-refractivity contribution >= 4 is 5.91 Å². The van der Waals surface area contributed by atoms with Gasteiger partial charge in [-0.2, -0.15) is 5.10 Å². The zero-order valence-electron chi connectivity index (χ0n) is 13.9. The molecule has 6 heteroatoms. The van der Waals surface area contributed by atoms with Crippen LogP contribution in [0.4, 0.5) is 0 Å². The van der Waals surface area contributed by atoms with Crippen LogP contribution in [0.3, 0.4) is 0 Å². The highest BCUT2D eigenvalue weighted by Gasteiger charge is 2.10. The number of carbonyl (C=O) groups is 1. The fourth-order valence-corrected chi connectivity index (χ4v) is 2.74. The predicted octanol–water partition coefficient (Wildman–Crippen LogP) is 1.25. The minimum atomic E-state index is 0.0933. The average molecular weight is 328 g/mol. The van der Waals surface area contributed by atoms with Crippen molar-refractivity contribution in [3.05, 3.63) is 48.3 Å². The van der Waals surface area contributed by atoms with Crippen molar-refractivity contribution in [1.82, 2.24) is 20.0 Å². The Morgan fingerprint density at radius 2 is 2.00 bits per heavy atom. The standard InChI is InChI=1S/C18H24N4O2/c23-18(19-8-9-21-10-12-24-13-11-21)7-6-16-14-20-22(15-16)17-4-2-1-3-5-17/h1-5,14-15H,6-13H2,(H,19,23). The second-order valence-electron chi connectivity index (χ2n) is 5.93. The zero-order valence-corrected chi connectivity index (χ0v) is 13.9. The second kappa shape index (κ2) is 8.61. The molecule has 1 fully saturated rings. The highest BCUT2D eigenvalue weighted by atomic mass is 16.5. The molecule has 0 aliphatic carbocycles. The van der Waals surface area contributed by atoms with E-state index in [0.29, 0.717) is 19.4 Å². The molecule has 1 saturated heterocycles. The van der Waals surface area contributed by atoms with Crippen LogP contribution in [0.2, 0.25) is 0 Å². The van der Waals surface area contributed by atoms with Crippen LogP contribution in [0.1, 0.15) is 12.0 Å². The van der Waals surface area contributed by atoms with E-state index in [9.17, 15) is 4.79 Å². The first-order valence-electron chi connectivity index (χ1n) is 8.47. The Kier molecular flexibility index (Phi) is 5.98. The van der Waals surface area contributed by atoms with Gasteiger partial charge in [0.2, 0.25) is 5.91 Å². The highest BCUT2D eigenvalue weighted by molar-refractivity contribution is 5.76.